The van der Waals surface area contributed by atoms with Gasteiger partial charge in [-0.25, -0.2) is 0 Å². The first-order valence-electron chi connectivity index (χ1n) is 5.48. The number of nitrogens with two attached hydrogens (primary N) is 1. The van der Waals surface area contributed by atoms with Gasteiger partial charge in [-0.1, -0.05) is 0 Å². The molecular weight excluding hydrogens is 234 g/mol. The van der Waals surface area contributed by atoms with Crippen molar-refractivity contribution in [2.45, 2.75) is 13.0 Å². The van der Waals surface area contributed by atoms with Crippen molar-refractivity contribution in [1.82, 2.24) is 0 Å². The SMILES string of the molecule is COCC(=O)Nc1ccc(NC(=O)C(C)N)cc1. The first-order valence-corrected chi connectivity index (χ1v) is 5.48. The largest absolute Gasteiger partial charge is 0.375 e. The highest BCUT2D eigenvalue weighted by molar-refractivity contribution is 5.95. The Morgan fingerprint density at radius 3 is 2.17 bits per heavy atom. The highest BCUT2D eigenvalue weighted by Gasteiger charge is 2.07. The number of anilines is 2. The molecular formula is C12H17N3O3. The number of methoxy groups -OCH3 is 1. The molecule has 0 aliphatic heterocycles. The second-order valence-electron chi connectivity index (χ2n) is 3.84. The van der Waals surface area contributed by atoms with E-state index >= 15 is 0 Å². The van der Waals surface area contributed by atoms with Gasteiger partial charge in [0, 0.05) is 18.5 Å². The molecule has 2 amide bonds. The van der Waals surface area contributed by atoms with E-state index in [0.717, 1.165) is 0 Å². The van der Waals surface area contributed by atoms with Crippen molar-refractivity contribution in [2.24, 2.45) is 5.73 Å². The molecule has 0 heterocycles. The van der Waals surface area contributed by atoms with Crippen LogP contribution in [0.15, 0.2) is 24.3 Å². The maximum absolute atomic E-state index is 11.3. The number of hydrogen-bond acceptors (Lipinski definition) is 4. The fraction of sp³-hybridized carbons (Fsp3) is 0.333. The van der Waals surface area contributed by atoms with Gasteiger partial charge in [0.1, 0.15) is 6.61 Å². The van der Waals surface area contributed by atoms with Crippen LogP contribution >= 0.6 is 0 Å². The van der Waals surface area contributed by atoms with E-state index in [4.69, 9.17) is 10.5 Å². The van der Waals surface area contributed by atoms with Crippen LogP contribution in [-0.4, -0.2) is 31.6 Å². The summed E-state index contributed by atoms with van der Waals surface area (Å²) < 4.78 is 4.70. The molecule has 1 atom stereocenters. The number of benzene rings is 1. The molecule has 18 heavy (non-hydrogen) atoms. The predicted molar refractivity (Wildman–Crippen MR) is 69.2 cm³/mol. The van der Waals surface area contributed by atoms with Gasteiger partial charge in [0.05, 0.1) is 6.04 Å². The summed E-state index contributed by atoms with van der Waals surface area (Å²) in [7, 11) is 1.45. The van der Waals surface area contributed by atoms with Crippen LogP contribution in [0.1, 0.15) is 6.92 Å². The van der Waals surface area contributed by atoms with Crippen molar-refractivity contribution in [3.8, 4) is 0 Å². The molecule has 6 heteroatoms. The molecule has 0 saturated carbocycles. The minimum atomic E-state index is -0.564. The molecule has 0 aliphatic carbocycles. The van der Waals surface area contributed by atoms with Crippen LogP contribution in [-0.2, 0) is 14.3 Å². The van der Waals surface area contributed by atoms with Crippen molar-refractivity contribution in [1.29, 1.82) is 0 Å². The van der Waals surface area contributed by atoms with Crippen LogP contribution in [0.25, 0.3) is 0 Å². The minimum Gasteiger partial charge on any atom is -0.375 e. The van der Waals surface area contributed by atoms with Gasteiger partial charge < -0.3 is 21.1 Å². The van der Waals surface area contributed by atoms with Gasteiger partial charge in [0.25, 0.3) is 0 Å². The van der Waals surface area contributed by atoms with Gasteiger partial charge in [-0.15, -0.1) is 0 Å². The van der Waals surface area contributed by atoms with Crippen LogP contribution in [0.2, 0.25) is 0 Å². The van der Waals surface area contributed by atoms with Gasteiger partial charge in [-0.2, -0.15) is 0 Å². The maximum atomic E-state index is 11.3. The van der Waals surface area contributed by atoms with E-state index < -0.39 is 6.04 Å². The fourth-order valence-electron chi connectivity index (χ4n) is 1.22. The number of carbonyl (C=O) groups is 2. The van der Waals surface area contributed by atoms with Crippen molar-refractivity contribution < 1.29 is 14.3 Å². The van der Waals surface area contributed by atoms with Crippen LogP contribution in [0, 0.1) is 0 Å². The van der Waals surface area contributed by atoms with E-state index in [1.54, 1.807) is 31.2 Å². The van der Waals surface area contributed by atoms with E-state index in [2.05, 4.69) is 10.6 Å². The minimum absolute atomic E-state index is 0.00315. The highest BCUT2D eigenvalue weighted by Crippen LogP contribution is 2.13. The van der Waals surface area contributed by atoms with Crippen molar-refractivity contribution >= 4 is 23.2 Å². The standard InChI is InChI=1S/C12H17N3O3/c1-8(13)12(17)15-10-5-3-9(4-6-10)14-11(16)7-18-2/h3-6,8H,7,13H2,1-2H3,(H,14,16)(H,15,17). The Bertz CT molecular complexity index is 415. The summed E-state index contributed by atoms with van der Waals surface area (Å²) in [4.78, 5) is 22.6. The number of carbonyl (C=O) groups excluding carboxylic acids is 2. The molecule has 0 radical (unpaired) electrons. The zero-order valence-corrected chi connectivity index (χ0v) is 10.4. The second-order valence-corrected chi connectivity index (χ2v) is 3.84. The summed E-state index contributed by atoms with van der Waals surface area (Å²) >= 11 is 0. The fourth-order valence-corrected chi connectivity index (χ4v) is 1.22. The lowest BCUT2D eigenvalue weighted by molar-refractivity contribution is -0.119. The molecule has 4 N–H and O–H groups in total. The summed E-state index contributed by atoms with van der Waals surface area (Å²) in [5.41, 5.74) is 6.69. The molecule has 1 rings (SSSR count). The Labute approximate surface area is 105 Å². The Balaban J connectivity index is 2.57. The molecule has 1 aromatic rings. The lowest BCUT2D eigenvalue weighted by atomic mass is 10.2. The van der Waals surface area contributed by atoms with Crippen LogP contribution in [0.5, 0.6) is 0 Å². The maximum Gasteiger partial charge on any atom is 0.250 e. The lowest BCUT2D eigenvalue weighted by Crippen LogP contribution is -2.32. The third-order valence-electron chi connectivity index (χ3n) is 2.13. The van der Waals surface area contributed by atoms with Crippen LogP contribution in [0.4, 0.5) is 11.4 Å². The van der Waals surface area contributed by atoms with Crippen molar-refractivity contribution in [3.63, 3.8) is 0 Å². The third-order valence-corrected chi connectivity index (χ3v) is 2.13. The van der Waals surface area contributed by atoms with Gasteiger partial charge in [0.2, 0.25) is 11.8 Å². The Kier molecular flexibility index (Phi) is 5.29. The number of nitrogens with one attached hydrogen (secondary N) is 2. The Morgan fingerprint density at radius 1 is 1.22 bits per heavy atom. The number of ether oxygens (including phenoxy) is 1. The average Bonchev–Trinajstić information content (AvgIpc) is 2.31. The van der Waals surface area contributed by atoms with E-state index in [1.807, 2.05) is 0 Å². The summed E-state index contributed by atoms with van der Waals surface area (Å²) in [6, 6.07) is 6.17. The number of hydrogen-bond donors (Lipinski definition) is 3. The molecule has 0 aliphatic rings. The molecule has 0 spiro atoms. The summed E-state index contributed by atoms with van der Waals surface area (Å²) in [6.07, 6.45) is 0. The van der Waals surface area contributed by atoms with Crippen molar-refractivity contribution in [3.05, 3.63) is 24.3 Å². The predicted octanol–water partition coefficient (Wildman–Crippen LogP) is 0.557. The Hall–Kier alpha value is -1.92. The smallest absolute Gasteiger partial charge is 0.250 e. The van der Waals surface area contributed by atoms with E-state index in [-0.39, 0.29) is 18.4 Å². The first-order chi connectivity index (χ1) is 8.52. The first kappa shape index (κ1) is 14.1. The number of rotatable bonds is 5. The van der Waals surface area contributed by atoms with Crippen LogP contribution in [0.3, 0.4) is 0 Å². The third kappa shape index (κ3) is 4.52. The molecule has 0 saturated heterocycles. The van der Waals surface area contributed by atoms with Gasteiger partial charge in [0.15, 0.2) is 0 Å². The molecule has 1 aromatic carbocycles. The summed E-state index contributed by atoms with van der Waals surface area (Å²) in [6.45, 7) is 1.61. The quantitative estimate of drug-likeness (QED) is 0.712. The highest BCUT2D eigenvalue weighted by atomic mass is 16.5. The molecule has 0 aromatic heterocycles. The topological polar surface area (TPSA) is 93.5 Å². The monoisotopic (exact) mass is 251 g/mol. The molecule has 0 bridgehead atoms. The van der Waals surface area contributed by atoms with E-state index in [1.165, 1.54) is 7.11 Å². The van der Waals surface area contributed by atoms with Gasteiger partial charge in [-0.05, 0) is 31.2 Å². The number of amides is 2. The van der Waals surface area contributed by atoms with E-state index in [0.29, 0.717) is 11.4 Å². The molecule has 6 nitrogen and oxygen atoms in total. The zero-order chi connectivity index (χ0) is 13.5. The molecule has 0 fully saturated rings. The summed E-state index contributed by atoms with van der Waals surface area (Å²) in [5, 5.41) is 5.29. The molecule has 98 valence electrons. The normalized spacial score (nSPS) is 11.7. The van der Waals surface area contributed by atoms with Gasteiger partial charge >= 0.3 is 0 Å². The van der Waals surface area contributed by atoms with E-state index in [9.17, 15) is 9.59 Å². The average molecular weight is 251 g/mol. The van der Waals surface area contributed by atoms with Crippen LogP contribution < -0.4 is 16.4 Å². The van der Waals surface area contributed by atoms with Crippen molar-refractivity contribution in [2.75, 3.05) is 24.4 Å². The summed E-state index contributed by atoms with van der Waals surface area (Å²) in [5.74, 6) is -0.490. The Morgan fingerprint density at radius 2 is 1.72 bits per heavy atom. The van der Waals surface area contributed by atoms with Gasteiger partial charge in [-0.3, -0.25) is 9.59 Å². The second kappa shape index (κ2) is 6.73. The zero-order valence-electron chi connectivity index (χ0n) is 10.4. The lowest BCUT2D eigenvalue weighted by Gasteiger charge is -2.09. The molecule has 1 unspecified atom stereocenters.